The molecule has 1 atom stereocenters. The van der Waals surface area contributed by atoms with Crippen molar-refractivity contribution >= 4 is 28.0 Å². The number of hydrogen-bond donors (Lipinski definition) is 0. The number of halogens is 1. The summed E-state index contributed by atoms with van der Waals surface area (Å²) in [5, 5.41) is 8.84. The van der Waals surface area contributed by atoms with Gasteiger partial charge in [0.2, 0.25) is 0 Å². The maximum Gasteiger partial charge on any atom is 0.177 e. The highest BCUT2D eigenvalue weighted by molar-refractivity contribution is 9.10. The maximum atomic E-state index is 11.6. The minimum Gasteiger partial charge on any atom is -0.298 e. The highest BCUT2D eigenvalue weighted by Crippen LogP contribution is 2.15. The molecule has 0 heterocycles. The second-order valence-electron chi connectivity index (χ2n) is 3.01. The van der Waals surface area contributed by atoms with Crippen LogP contribution in [0.5, 0.6) is 0 Å². The fourth-order valence-corrected chi connectivity index (χ4v) is 1.40. The fourth-order valence-electron chi connectivity index (χ4n) is 1.16. The van der Waals surface area contributed by atoms with Gasteiger partial charge in [-0.15, -0.1) is 0 Å². The second kappa shape index (κ2) is 4.85. The normalized spacial score (nSPS) is 11.5. The number of alkyl halides is 1. The number of Topliss-reactive ketones (excluding diaryl/α,β-unsaturated/α-hetero) is 1. The highest BCUT2D eigenvalue weighted by Gasteiger charge is 2.16. The Bertz CT molecular complexity index is 446. The molecule has 1 unspecified atom stereocenters. The Balaban J connectivity index is 3.26. The van der Waals surface area contributed by atoms with E-state index in [1.54, 1.807) is 6.92 Å². The fraction of sp³-hybridized carbons (Fsp3) is 0.182. The van der Waals surface area contributed by atoms with Gasteiger partial charge in [0, 0.05) is 11.1 Å². The summed E-state index contributed by atoms with van der Waals surface area (Å²) in [6, 6.07) is 6.34. The molecule has 0 bridgehead atoms. The average Bonchev–Trinajstić information content (AvgIpc) is 2.27. The van der Waals surface area contributed by atoms with E-state index >= 15 is 0 Å². The van der Waals surface area contributed by atoms with E-state index in [9.17, 15) is 9.59 Å². The van der Waals surface area contributed by atoms with Crippen molar-refractivity contribution in [2.24, 2.45) is 0 Å². The summed E-state index contributed by atoms with van der Waals surface area (Å²) in [5.74, 6) is -0.163. The lowest BCUT2D eigenvalue weighted by atomic mass is 10.0. The predicted octanol–water partition coefficient (Wildman–Crippen LogP) is 2.34. The molecule has 0 saturated carbocycles. The molecular weight excluding hydrogens is 258 g/mol. The van der Waals surface area contributed by atoms with Gasteiger partial charge in [-0.3, -0.25) is 9.59 Å². The summed E-state index contributed by atoms with van der Waals surface area (Å²) >= 11 is 3.15. The predicted molar refractivity (Wildman–Crippen MR) is 59.3 cm³/mol. The Kier molecular flexibility index (Phi) is 3.75. The van der Waals surface area contributed by atoms with Crippen molar-refractivity contribution in [3.8, 4) is 6.07 Å². The molecule has 1 aromatic carbocycles. The number of ketones is 1. The van der Waals surface area contributed by atoms with Crippen LogP contribution in [-0.4, -0.2) is 16.9 Å². The smallest absolute Gasteiger partial charge is 0.177 e. The van der Waals surface area contributed by atoms with E-state index in [-0.39, 0.29) is 16.2 Å². The van der Waals surface area contributed by atoms with Gasteiger partial charge in [-0.05, 0) is 19.1 Å². The monoisotopic (exact) mass is 265 g/mol. The van der Waals surface area contributed by atoms with Gasteiger partial charge in [0.05, 0.1) is 16.5 Å². The third kappa shape index (κ3) is 2.51. The first-order valence-electron chi connectivity index (χ1n) is 4.27. The van der Waals surface area contributed by atoms with Gasteiger partial charge in [0.25, 0.3) is 0 Å². The molecular formula is C11H8BrNO2. The summed E-state index contributed by atoms with van der Waals surface area (Å²) in [6.07, 6.45) is 0.645. The van der Waals surface area contributed by atoms with Crippen molar-refractivity contribution in [3.63, 3.8) is 0 Å². The molecule has 0 aliphatic rings. The topological polar surface area (TPSA) is 57.9 Å². The molecule has 0 fully saturated rings. The Hall–Kier alpha value is -1.47. The van der Waals surface area contributed by atoms with Crippen LogP contribution in [0.25, 0.3) is 0 Å². The number of nitriles is 1. The molecule has 0 radical (unpaired) electrons. The molecule has 0 spiro atoms. The van der Waals surface area contributed by atoms with E-state index in [4.69, 9.17) is 5.26 Å². The zero-order valence-corrected chi connectivity index (χ0v) is 9.61. The van der Waals surface area contributed by atoms with Gasteiger partial charge in [-0.1, -0.05) is 22.0 Å². The van der Waals surface area contributed by atoms with Crippen LogP contribution in [0.1, 0.15) is 33.2 Å². The highest BCUT2D eigenvalue weighted by atomic mass is 79.9. The van der Waals surface area contributed by atoms with Crippen LogP contribution in [0.15, 0.2) is 18.2 Å². The lowest BCUT2D eigenvalue weighted by molar-refractivity contribution is 0.0994. The summed E-state index contributed by atoms with van der Waals surface area (Å²) in [5.41, 5.74) is 0.966. The van der Waals surface area contributed by atoms with E-state index in [0.29, 0.717) is 17.4 Å². The minimum atomic E-state index is -0.341. The Labute approximate surface area is 95.8 Å². The lowest BCUT2D eigenvalue weighted by Gasteiger charge is -2.05. The van der Waals surface area contributed by atoms with Crippen molar-refractivity contribution in [2.45, 2.75) is 11.8 Å². The first-order chi connectivity index (χ1) is 7.10. The molecule has 1 aromatic rings. The largest absolute Gasteiger partial charge is 0.298 e. The Morgan fingerprint density at radius 3 is 2.73 bits per heavy atom. The molecule has 0 aromatic heterocycles. The van der Waals surface area contributed by atoms with Crippen molar-refractivity contribution in [1.82, 2.24) is 0 Å². The van der Waals surface area contributed by atoms with Gasteiger partial charge in [0.1, 0.15) is 6.29 Å². The van der Waals surface area contributed by atoms with Gasteiger partial charge >= 0.3 is 0 Å². The van der Waals surface area contributed by atoms with Crippen LogP contribution < -0.4 is 0 Å². The van der Waals surface area contributed by atoms with Crippen molar-refractivity contribution in [2.75, 3.05) is 0 Å². The SMILES string of the molecule is CC(Br)C(=O)c1ccc(C=O)cc1C#N. The van der Waals surface area contributed by atoms with Gasteiger partial charge in [-0.25, -0.2) is 0 Å². The van der Waals surface area contributed by atoms with E-state index in [1.165, 1.54) is 18.2 Å². The van der Waals surface area contributed by atoms with Crippen molar-refractivity contribution in [1.29, 1.82) is 5.26 Å². The van der Waals surface area contributed by atoms with Crippen LogP contribution >= 0.6 is 15.9 Å². The molecule has 1 rings (SSSR count). The number of carbonyl (C=O) groups is 2. The first-order valence-corrected chi connectivity index (χ1v) is 5.19. The van der Waals surface area contributed by atoms with Crippen LogP contribution in [0.3, 0.4) is 0 Å². The zero-order valence-electron chi connectivity index (χ0n) is 8.03. The van der Waals surface area contributed by atoms with Gasteiger partial charge < -0.3 is 0 Å². The Morgan fingerprint density at radius 2 is 2.27 bits per heavy atom. The van der Waals surface area contributed by atoms with E-state index in [1.807, 2.05) is 6.07 Å². The van der Waals surface area contributed by atoms with Crippen LogP contribution in [0, 0.1) is 11.3 Å². The molecule has 4 heteroatoms. The molecule has 0 aliphatic heterocycles. The number of carbonyl (C=O) groups excluding carboxylic acids is 2. The molecule has 0 amide bonds. The quantitative estimate of drug-likeness (QED) is 0.479. The van der Waals surface area contributed by atoms with Crippen LogP contribution in [0.4, 0.5) is 0 Å². The number of hydrogen-bond acceptors (Lipinski definition) is 3. The van der Waals surface area contributed by atoms with Crippen LogP contribution in [-0.2, 0) is 0 Å². The lowest BCUT2D eigenvalue weighted by Crippen LogP contribution is -2.12. The summed E-state index contributed by atoms with van der Waals surface area (Å²) in [6.45, 7) is 1.69. The molecule has 0 N–H and O–H groups in total. The standard InChI is InChI=1S/C11H8BrNO2/c1-7(12)11(15)10-3-2-8(6-14)4-9(10)5-13/h2-4,6-7H,1H3. The van der Waals surface area contributed by atoms with E-state index in [2.05, 4.69) is 15.9 Å². The average molecular weight is 266 g/mol. The molecule has 0 saturated heterocycles. The third-order valence-corrected chi connectivity index (χ3v) is 2.34. The first kappa shape index (κ1) is 11.6. The number of nitrogens with zero attached hydrogens (tertiary/aromatic N) is 1. The molecule has 3 nitrogen and oxygen atoms in total. The van der Waals surface area contributed by atoms with Crippen LogP contribution in [0.2, 0.25) is 0 Å². The summed E-state index contributed by atoms with van der Waals surface area (Å²) in [7, 11) is 0. The number of benzene rings is 1. The van der Waals surface area contributed by atoms with Crippen molar-refractivity contribution < 1.29 is 9.59 Å². The summed E-state index contributed by atoms with van der Waals surface area (Å²) in [4.78, 5) is 21.8. The zero-order chi connectivity index (χ0) is 11.4. The summed E-state index contributed by atoms with van der Waals surface area (Å²) < 4.78 is 0. The minimum absolute atomic E-state index is 0.163. The van der Waals surface area contributed by atoms with Gasteiger partial charge in [-0.2, -0.15) is 5.26 Å². The third-order valence-electron chi connectivity index (χ3n) is 1.93. The van der Waals surface area contributed by atoms with Gasteiger partial charge in [0.15, 0.2) is 5.78 Å². The maximum absolute atomic E-state index is 11.6. The van der Waals surface area contributed by atoms with E-state index < -0.39 is 0 Å². The number of aldehydes is 1. The molecule has 0 aliphatic carbocycles. The van der Waals surface area contributed by atoms with Crippen molar-refractivity contribution in [3.05, 3.63) is 34.9 Å². The molecule has 76 valence electrons. The number of rotatable bonds is 3. The Morgan fingerprint density at radius 1 is 1.60 bits per heavy atom. The second-order valence-corrected chi connectivity index (χ2v) is 4.39. The molecule has 15 heavy (non-hydrogen) atoms. The van der Waals surface area contributed by atoms with E-state index in [0.717, 1.165) is 0 Å².